The summed E-state index contributed by atoms with van der Waals surface area (Å²) in [5, 5.41) is 6.49. The van der Waals surface area contributed by atoms with Crippen molar-refractivity contribution in [2.75, 3.05) is 12.4 Å². The third-order valence-corrected chi connectivity index (χ3v) is 6.41. The molecule has 2 heteroatoms. The maximum atomic E-state index is 5.84. The SMILES string of the molecule is COc1ccc2ccccc2c1C1Nc2c(C)ccc(C)c2C2C=CCC21. The van der Waals surface area contributed by atoms with E-state index in [0.717, 1.165) is 12.2 Å². The number of aryl methyl sites for hydroxylation is 2. The Morgan fingerprint density at radius 1 is 0.926 bits per heavy atom. The van der Waals surface area contributed by atoms with E-state index < -0.39 is 0 Å². The molecule has 2 aliphatic rings. The zero-order chi connectivity index (χ0) is 18.5. The van der Waals surface area contributed by atoms with Crippen LogP contribution in [-0.4, -0.2) is 7.11 Å². The number of rotatable bonds is 2. The van der Waals surface area contributed by atoms with Crippen molar-refractivity contribution in [2.24, 2.45) is 5.92 Å². The Labute approximate surface area is 160 Å². The zero-order valence-electron chi connectivity index (χ0n) is 16.1. The van der Waals surface area contributed by atoms with Gasteiger partial charge in [-0.25, -0.2) is 0 Å². The fourth-order valence-corrected chi connectivity index (χ4v) is 5.10. The highest BCUT2D eigenvalue weighted by molar-refractivity contribution is 5.89. The van der Waals surface area contributed by atoms with E-state index in [4.69, 9.17) is 4.74 Å². The molecule has 0 bridgehead atoms. The van der Waals surface area contributed by atoms with Gasteiger partial charge in [0.1, 0.15) is 5.75 Å². The molecule has 5 rings (SSSR count). The number of nitrogens with one attached hydrogen (secondary N) is 1. The van der Waals surface area contributed by atoms with Crippen molar-refractivity contribution in [3.63, 3.8) is 0 Å². The molecule has 1 heterocycles. The van der Waals surface area contributed by atoms with Crippen LogP contribution in [0.25, 0.3) is 10.8 Å². The monoisotopic (exact) mass is 355 g/mol. The fourth-order valence-electron chi connectivity index (χ4n) is 5.10. The number of ether oxygens (including phenoxy) is 1. The molecule has 0 radical (unpaired) electrons. The summed E-state index contributed by atoms with van der Waals surface area (Å²) in [5.74, 6) is 1.96. The third-order valence-electron chi connectivity index (χ3n) is 6.41. The Balaban J connectivity index is 1.75. The quantitative estimate of drug-likeness (QED) is 0.545. The summed E-state index contributed by atoms with van der Waals surface area (Å²) >= 11 is 0. The Kier molecular flexibility index (Phi) is 3.75. The van der Waals surface area contributed by atoms with Gasteiger partial charge in [0, 0.05) is 17.2 Å². The molecule has 1 aliphatic carbocycles. The molecular weight excluding hydrogens is 330 g/mol. The van der Waals surface area contributed by atoms with Gasteiger partial charge in [-0.15, -0.1) is 0 Å². The summed E-state index contributed by atoms with van der Waals surface area (Å²) in [6.07, 6.45) is 5.88. The second-order valence-corrected chi connectivity index (χ2v) is 7.87. The molecule has 3 aromatic carbocycles. The molecule has 0 spiro atoms. The van der Waals surface area contributed by atoms with Gasteiger partial charge >= 0.3 is 0 Å². The van der Waals surface area contributed by atoms with E-state index in [1.54, 1.807) is 7.11 Å². The maximum Gasteiger partial charge on any atom is 0.124 e. The largest absolute Gasteiger partial charge is 0.496 e. The average Bonchev–Trinajstić information content (AvgIpc) is 3.19. The molecule has 1 N–H and O–H groups in total. The molecule has 0 saturated heterocycles. The second-order valence-electron chi connectivity index (χ2n) is 7.87. The number of hydrogen-bond donors (Lipinski definition) is 1. The summed E-state index contributed by atoms with van der Waals surface area (Å²) in [5.41, 5.74) is 6.78. The molecule has 1 aliphatic heterocycles. The normalized spacial score (nSPS) is 23.0. The van der Waals surface area contributed by atoms with E-state index >= 15 is 0 Å². The van der Waals surface area contributed by atoms with Crippen molar-refractivity contribution >= 4 is 16.5 Å². The van der Waals surface area contributed by atoms with Crippen LogP contribution in [-0.2, 0) is 0 Å². The molecule has 3 unspecified atom stereocenters. The maximum absolute atomic E-state index is 5.84. The average molecular weight is 355 g/mol. The van der Waals surface area contributed by atoms with Crippen molar-refractivity contribution < 1.29 is 4.74 Å². The number of hydrogen-bond acceptors (Lipinski definition) is 2. The van der Waals surface area contributed by atoms with Gasteiger partial charge in [-0.05, 0) is 59.7 Å². The smallest absolute Gasteiger partial charge is 0.124 e. The molecule has 0 amide bonds. The number of benzene rings is 3. The summed E-state index contributed by atoms with van der Waals surface area (Å²) in [4.78, 5) is 0. The third kappa shape index (κ3) is 2.39. The van der Waals surface area contributed by atoms with Crippen LogP contribution in [0.4, 0.5) is 5.69 Å². The minimum Gasteiger partial charge on any atom is -0.496 e. The van der Waals surface area contributed by atoms with E-state index in [1.165, 1.54) is 38.7 Å². The Hall–Kier alpha value is -2.74. The van der Waals surface area contributed by atoms with Crippen molar-refractivity contribution in [3.05, 3.63) is 82.9 Å². The van der Waals surface area contributed by atoms with Gasteiger partial charge in [0.25, 0.3) is 0 Å². The second kappa shape index (κ2) is 6.16. The summed E-state index contributed by atoms with van der Waals surface area (Å²) in [6, 6.07) is 17.7. The standard InChI is InChI=1S/C25H25NO/c1-15-11-12-16(2)24-22(15)19-9-6-10-20(19)25(26-24)23-18-8-5-4-7-17(18)13-14-21(23)27-3/h4-9,11-14,19-20,25-26H,10H2,1-3H3. The Bertz CT molecular complexity index is 1070. The predicted molar refractivity (Wildman–Crippen MR) is 113 cm³/mol. The molecule has 3 atom stereocenters. The highest BCUT2D eigenvalue weighted by atomic mass is 16.5. The van der Waals surface area contributed by atoms with Crippen molar-refractivity contribution in [1.82, 2.24) is 0 Å². The van der Waals surface area contributed by atoms with Crippen LogP contribution in [0.3, 0.4) is 0 Å². The van der Waals surface area contributed by atoms with Gasteiger partial charge in [0.15, 0.2) is 0 Å². The van der Waals surface area contributed by atoms with E-state index in [0.29, 0.717) is 11.8 Å². The highest BCUT2D eigenvalue weighted by Gasteiger charge is 2.40. The van der Waals surface area contributed by atoms with Crippen LogP contribution in [0.2, 0.25) is 0 Å². The van der Waals surface area contributed by atoms with Gasteiger partial charge in [-0.2, -0.15) is 0 Å². The van der Waals surface area contributed by atoms with Crippen molar-refractivity contribution in [2.45, 2.75) is 32.2 Å². The first-order valence-corrected chi connectivity index (χ1v) is 9.78. The van der Waals surface area contributed by atoms with Gasteiger partial charge in [0.2, 0.25) is 0 Å². The summed E-state index contributed by atoms with van der Waals surface area (Å²) in [6.45, 7) is 4.45. The molecule has 0 fully saturated rings. The van der Waals surface area contributed by atoms with Crippen LogP contribution in [0.1, 0.15) is 40.6 Å². The number of anilines is 1. The van der Waals surface area contributed by atoms with Crippen LogP contribution < -0.4 is 10.1 Å². The minimum absolute atomic E-state index is 0.235. The lowest BCUT2D eigenvalue weighted by molar-refractivity contribution is 0.382. The van der Waals surface area contributed by atoms with Crippen LogP contribution in [0.5, 0.6) is 5.75 Å². The molecule has 0 saturated carbocycles. The van der Waals surface area contributed by atoms with Crippen LogP contribution in [0, 0.1) is 19.8 Å². The molecule has 136 valence electrons. The van der Waals surface area contributed by atoms with E-state index in [-0.39, 0.29) is 6.04 Å². The molecule has 27 heavy (non-hydrogen) atoms. The van der Waals surface area contributed by atoms with E-state index in [1.807, 2.05) is 0 Å². The molecule has 2 nitrogen and oxygen atoms in total. The van der Waals surface area contributed by atoms with Gasteiger partial charge in [0.05, 0.1) is 13.2 Å². The predicted octanol–water partition coefficient (Wildman–Crippen LogP) is 6.29. The lowest BCUT2D eigenvalue weighted by Gasteiger charge is -2.40. The summed E-state index contributed by atoms with van der Waals surface area (Å²) < 4.78 is 5.84. The van der Waals surface area contributed by atoms with Crippen molar-refractivity contribution in [3.8, 4) is 5.75 Å². The Morgan fingerprint density at radius 2 is 1.74 bits per heavy atom. The van der Waals surface area contributed by atoms with Gasteiger partial charge < -0.3 is 10.1 Å². The van der Waals surface area contributed by atoms with Crippen LogP contribution >= 0.6 is 0 Å². The number of fused-ring (bicyclic) bond motifs is 4. The van der Waals surface area contributed by atoms with Crippen molar-refractivity contribution in [1.29, 1.82) is 0 Å². The fraction of sp³-hybridized carbons (Fsp3) is 0.280. The first-order valence-electron chi connectivity index (χ1n) is 9.78. The topological polar surface area (TPSA) is 21.3 Å². The molecule has 0 aromatic heterocycles. The van der Waals surface area contributed by atoms with Gasteiger partial charge in [-0.1, -0.05) is 54.6 Å². The van der Waals surface area contributed by atoms with E-state index in [2.05, 4.69) is 79.8 Å². The summed E-state index contributed by atoms with van der Waals surface area (Å²) in [7, 11) is 1.78. The first-order chi connectivity index (χ1) is 13.2. The zero-order valence-corrected chi connectivity index (χ0v) is 16.1. The molecular formula is C25H25NO. The highest BCUT2D eigenvalue weighted by Crippen LogP contribution is 2.53. The Morgan fingerprint density at radius 3 is 2.59 bits per heavy atom. The molecule has 3 aromatic rings. The number of methoxy groups -OCH3 is 1. The lowest BCUT2D eigenvalue weighted by Crippen LogP contribution is -2.30. The van der Waals surface area contributed by atoms with Gasteiger partial charge in [-0.3, -0.25) is 0 Å². The first kappa shape index (κ1) is 16.4. The minimum atomic E-state index is 0.235. The number of allylic oxidation sites excluding steroid dienone is 2. The van der Waals surface area contributed by atoms with Crippen LogP contribution in [0.15, 0.2) is 60.7 Å². The van der Waals surface area contributed by atoms with E-state index in [9.17, 15) is 0 Å². The lowest BCUT2D eigenvalue weighted by atomic mass is 9.74.